The Morgan fingerprint density at radius 1 is 0.181 bits per heavy atom. The molecule has 2 unspecified atom stereocenters. The molecule has 0 amide bonds. The van der Waals surface area contributed by atoms with E-state index < -0.39 is 0 Å². The third kappa shape index (κ3) is 8.75. The predicted molar refractivity (Wildman–Crippen MR) is 380 cm³/mol. The molecule has 8 heteroatoms. The van der Waals surface area contributed by atoms with Crippen LogP contribution in [0.5, 0.6) is 0 Å². The maximum atomic E-state index is 5.17. The summed E-state index contributed by atoms with van der Waals surface area (Å²) in [5.74, 6) is 3.94. The Labute approximate surface area is 542 Å². The first kappa shape index (κ1) is 53.3. The van der Waals surface area contributed by atoms with Crippen molar-refractivity contribution in [3.8, 4) is 102 Å². The van der Waals surface area contributed by atoms with E-state index in [0.29, 0.717) is 34.9 Å². The molecule has 8 nitrogen and oxygen atoms in total. The summed E-state index contributed by atoms with van der Waals surface area (Å²) in [6.07, 6.45) is 0. The summed E-state index contributed by atoms with van der Waals surface area (Å²) < 4.78 is 4.66. The van der Waals surface area contributed by atoms with Gasteiger partial charge >= 0.3 is 0 Å². The van der Waals surface area contributed by atoms with Crippen LogP contribution < -0.4 is 0 Å². The molecule has 20 rings (SSSR count). The van der Waals surface area contributed by atoms with Gasteiger partial charge in [0.05, 0.1) is 22.1 Å². The van der Waals surface area contributed by atoms with E-state index in [9.17, 15) is 0 Å². The van der Waals surface area contributed by atoms with Gasteiger partial charge in [-0.3, -0.25) is 0 Å². The van der Waals surface area contributed by atoms with Gasteiger partial charge in [-0.05, 0) is 141 Å². The zero-order chi connectivity index (χ0) is 61.8. The predicted octanol–water partition coefficient (Wildman–Crippen LogP) is 20.6. The largest absolute Gasteiger partial charge is 0.309 e. The molecule has 0 fully saturated rings. The quantitative estimate of drug-likeness (QED) is 0.136. The molecule has 3 aliphatic rings. The van der Waals surface area contributed by atoms with Crippen LogP contribution in [-0.2, 0) is 0 Å². The van der Waals surface area contributed by atoms with Crippen LogP contribution in [0.4, 0.5) is 0 Å². The molecule has 438 valence electrons. The summed E-state index contributed by atoms with van der Waals surface area (Å²) in [5.41, 5.74) is 25.2. The van der Waals surface area contributed by atoms with Crippen LogP contribution in [-0.4, -0.2) is 39.0 Å². The van der Waals surface area contributed by atoms with Crippen molar-refractivity contribution in [2.24, 2.45) is 0 Å². The van der Waals surface area contributed by atoms with Crippen molar-refractivity contribution < 1.29 is 0 Å². The lowest BCUT2D eigenvalue weighted by atomic mass is 9.60. The minimum atomic E-state index is 0.0969. The first-order chi connectivity index (χ1) is 46.6. The molecule has 0 spiro atoms. The van der Waals surface area contributed by atoms with Gasteiger partial charge in [-0.25, -0.2) is 29.9 Å². The molecular formula is C86H54N8. The van der Waals surface area contributed by atoms with Crippen LogP contribution in [0.1, 0.15) is 45.2 Å². The maximum absolute atomic E-state index is 5.17. The lowest BCUT2D eigenvalue weighted by Crippen LogP contribution is -2.27. The fourth-order valence-electron chi connectivity index (χ4n) is 14.8. The van der Waals surface area contributed by atoms with Gasteiger partial charge in [-0.1, -0.05) is 231 Å². The fourth-order valence-corrected chi connectivity index (χ4v) is 14.8. The van der Waals surface area contributed by atoms with Gasteiger partial charge in [0.2, 0.25) is 0 Å². The Morgan fingerprint density at radius 2 is 0.415 bits per heavy atom. The van der Waals surface area contributed by atoms with Crippen molar-refractivity contribution >= 4 is 43.6 Å². The monoisotopic (exact) mass is 1200 g/mol. The number of fused-ring (bicyclic) bond motifs is 6. The van der Waals surface area contributed by atoms with Crippen molar-refractivity contribution in [2.45, 2.75) is 11.8 Å². The summed E-state index contributed by atoms with van der Waals surface area (Å²) in [7, 11) is 0. The highest BCUT2D eigenvalue weighted by atomic mass is 15.0. The zero-order valence-electron chi connectivity index (χ0n) is 50.8. The smallest absolute Gasteiger partial charge is 0.164 e. The van der Waals surface area contributed by atoms with Crippen LogP contribution in [0.15, 0.2) is 315 Å². The van der Waals surface area contributed by atoms with Crippen molar-refractivity contribution in [3.05, 3.63) is 349 Å². The molecule has 2 bridgehead atoms. The first-order valence-corrected chi connectivity index (χ1v) is 32.0. The summed E-state index contributed by atoms with van der Waals surface area (Å²) in [4.78, 5) is 30.7. The molecular weight excluding hydrogens is 1150 g/mol. The number of rotatable bonds is 10. The summed E-state index contributed by atoms with van der Waals surface area (Å²) in [5, 5.41) is 4.93. The molecule has 94 heavy (non-hydrogen) atoms. The summed E-state index contributed by atoms with van der Waals surface area (Å²) >= 11 is 0. The Balaban J connectivity index is 0.617. The van der Waals surface area contributed by atoms with Gasteiger partial charge in [0.1, 0.15) is 0 Å². The van der Waals surface area contributed by atoms with E-state index in [4.69, 9.17) is 29.9 Å². The van der Waals surface area contributed by atoms with Crippen molar-refractivity contribution in [2.75, 3.05) is 0 Å². The average molecular weight is 1200 g/mol. The average Bonchev–Trinajstić information content (AvgIpc) is 1.11. The van der Waals surface area contributed by atoms with Crippen LogP contribution in [0.25, 0.3) is 146 Å². The normalized spacial score (nSPS) is 13.7. The lowest BCUT2D eigenvalue weighted by molar-refractivity contribution is 0.755. The molecule has 0 radical (unpaired) electrons. The van der Waals surface area contributed by atoms with Crippen molar-refractivity contribution in [1.82, 2.24) is 39.0 Å². The third-order valence-corrected chi connectivity index (χ3v) is 19.3. The molecule has 0 N–H and O–H groups in total. The van der Waals surface area contributed by atoms with Gasteiger partial charge in [-0.15, -0.1) is 0 Å². The number of hydrogen-bond donors (Lipinski definition) is 0. The second kappa shape index (κ2) is 21.6. The van der Waals surface area contributed by atoms with E-state index in [1.165, 1.54) is 88.1 Å². The Morgan fingerprint density at radius 3 is 0.734 bits per heavy atom. The SMILES string of the molecule is c1ccc(-c2nc(-c3ccc(-c4ccc5c(c4)C4c6ccccc6C5c5cc(-c6ccc(-c7nc(-c8ccccc8)nc(-c8ccc(-n9c%10ccccc%10c%10ccccc%109)cc8)n7)cc6)ccc54)cc3)nc(-c3ccc(-n4c5ccccc5c5ccccc54)cc3)n2)cc1. The third-order valence-electron chi connectivity index (χ3n) is 19.3. The maximum Gasteiger partial charge on any atom is 0.164 e. The standard InChI is InChI=1S/C86H54N8/c1-3-17-55(18-4-1)81-87-83(91-85(89-81)59-39-45-63(46-40-59)93-75-27-13-9-21-65(75)66-22-10-14-28-76(66)93)57-35-31-53(32-36-57)61-43-49-71-73(51-61)79-69-25-7-8-26-70(69)80(71)74-52-62(44-50-72(74)79)54-33-37-58(38-34-54)84-88-82(56-19-5-2-6-20-56)90-86(92-84)60-41-47-64(48-42-60)94-77-29-15-11-23-67(77)68-24-12-16-30-78(68)94/h1-52,79-80H. The van der Waals surface area contributed by atoms with E-state index in [1.807, 2.05) is 36.4 Å². The Bertz CT molecular complexity index is 5370. The molecule has 13 aromatic carbocycles. The summed E-state index contributed by atoms with van der Waals surface area (Å²) in [6, 6.07) is 113. The zero-order valence-corrected chi connectivity index (χ0v) is 50.8. The highest BCUT2D eigenvalue weighted by Gasteiger charge is 2.41. The van der Waals surface area contributed by atoms with Gasteiger partial charge in [0.15, 0.2) is 34.9 Å². The van der Waals surface area contributed by atoms with Gasteiger partial charge in [-0.2, -0.15) is 0 Å². The number of hydrogen-bond acceptors (Lipinski definition) is 6. The number of nitrogens with zero attached hydrogens (tertiary/aromatic N) is 8. The van der Waals surface area contributed by atoms with Crippen LogP contribution >= 0.6 is 0 Å². The first-order valence-electron chi connectivity index (χ1n) is 32.0. The van der Waals surface area contributed by atoms with Crippen LogP contribution in [0, 0.1) is 0 Å². The van der Waals surface area contributed by atoms with E-state index in [1.54, 1.807) is 0 Å². The topological polar surface area (TPSA) is 87.2 Å². The molecule has 0 saturated carbocycles. The van der Waals surface area contributed by atoms with Crippen LogP contribution in [0.2, 0.25) is 0 Å². The minimum absolute atomic E-state index is 0.0969. The Hall–Kier alpha value is -12.5. The molecule has 3 aliphatic carbocycles. The summed E-state index contributed by atoms with van der Waals surface area (Å²) in [6.45, 7) is 0. The second-order valence-corrected chi connectivity index (χ2v) is 24.5. The Kier molecular flexibility index (Phi) is 12.2. The van der Waals surface area contributed by atoms with Crippen molar-refractivity contribution in [3.63, 3.8) is 0 Å². The number of aromatic nitrogens is 8. The van der Waals surface area contributed by atoms with Gasteiger partial charge in [0, 0.05) is 78.1 Å². The van der Waals surface area contributed by atoms with Crippen LogP contribution in [0.3, 0.4) is 0 Å². The number of benzene rings is 13. The van der Waals surface area contributed by atoms with E-state index in [-0.39, 0.29) is 11.8 Å². The molecule has 0 aliphatic heterocycles. The molecule has 2 atom stereocenters. The minimum Gasteiger partial charge on any atom is -0.309 e. The van der Waals surface area contributed by atoms with Gasteiger partial charge in [0.25, 0.3) is 0 Å². The van der Waals surface area contributed by atoms with E-state index in [2.05, 4.69) is 288 Å². The fraction of sp³-hybridized carbons (Fsp3) is 0.0233. The molecule has 0 saturated heterocycles. The highest BCUT2D eigenvalue weighted by Crippen LogP contribution is 2.57. The highest BCUT2D eigenvalue weighted by molar-refractivity contribution is 6.10. The van der Waals surface area contributed by atoms with E-state index in [0.717, 1.165) is 55.9 Å². The molecule has 17 aromatic rings. The number of para-hydroxylation sites is 4. The second-order valence-electron chi connectivity index (χ2n) is 24.5. The van der Waals surface area contributed by atoms with Crippen molar-refractivity contribution in [1.29, 1.82) is 0 Å². The molecule has 4 heterocycles. The van der Waals surface area contributed by atoms with Gasteiger partial charge < -0.3 is 9.13 Å². The molecule has 4 aromatic heterocycles. The van der Waals surface area contributed by atoms with E-state index >= 15 is 0 Å². The lowest BCUT2D eigenvalue weighted by Gasteiger charge is -2.42.